The van der Waals surface area contributed by atoms with Crippen molar-refractivity contribution < 1.29 is 17.9 Å². The number of anilines is 1. The van der Waals surface area contributed by atoms with Gasteiger partial charge in [0.2, 0.25) is 10.0 Å². The van der Waals surface area contributed by atoms with Crippen LogP contribution in [0.25, 0.3) is 0 Å². The van der Waals surface area contributed by atoms with Crippen molar-refractivity contribution in [2.75, 3.05) is 18.4 Å². The lowest BCUT2D eigenvalue weighted by Crippen LogP contribution is -2.29. The number of hydrogen-bond acceptors (Lipinski definition) is 7. The van der Waals surface area contributed by atoms with Crippen molar-refractivity contribution in [3.05, 3.63) is 45.8 Å². The first-order valence-electron chi connectivity index (χ1n) is 6.73. The van der Waals surface area contributed by atoms with Gasteiger partial charge in [-0.1, -0.05) is 17.3 Å². The van der Waals surface area contributed by atoms with E-state index >= 15 is 0 Å². The Morgan fingerprint density at radius 3 is 2.57 bits per heavy atom. The van der Waals surface area contributed by atoms with Crippen molar-refractivity contribution in [3.8, 4) is 0 Å². The first-order valence-corrected chi connectivity index (χ1v) is 8.21. The van der Waals surface area contributed by atoms with Crippen molar-refractivity contribution in [1.82, 2.24) is 9.88 Å². The molecule has 9 nitrogen and oxygen atoms in total. The monoisotopic (exact) mass is 340 g/mol. The fraction of sp³-hybridized carbons (Fsp3) is 0.308. The number of nitro groups is 1. The van der Waals surface area contributed by atoms with Gasteiger partial charge in [-0.2, -0.15) is 0 Å². The summed E-state index contributed by atoms with van der Waals surface area (Å²) in [5.74, 6) is 0.210. The first kappa shape index (κ1) is 16.9. The molecule has 1 aromatic heterocycles. The molecule has 23 heavy (non-hydrogen) atoms. The first-order chi connectivity index (χ1) is 10.8. The Bertz CT molecular complexity index is 796. The average molecular weight is 340 g/mol. The number of nitrogens with one attached hydrogen (secondary N) is 2. The summed E-state index contributed by atoms with van der Waals surface area (Å²) >= 11 is 0. The van der Waals surface area contributed by atoms with Gasteiger partial charge in [0.15, 0.2) is 5.76 Å². The normalized spacial score (nSPS) is 11.4. The second-order valence-corrected chi connectivity index (χ2v) is 6.46. The van der Waals surface area contributed by atoms with Crippen molar-refractivity contribution >= 4 is 21.4 Å². The Morgan fingerprint density at radius 1 is 1.26 bits per heavy atom. The van der Waals surface area contributed by atoms with E-state index in [9.17, 15) is 18.5 Å². The largest absolute Gasteiger partial charge is 0.378 e. The van der Waals surface area contributed by atoms with Crippen molar-refractivity contribution in [3.63, 3.8) is 0 Å². The van der Waals surface area contributed by atoms with E-state index in [-0.39, 0.29) is 35.1 Å². The molecular formula is C13H16N4O5S. The minimum Gasteiger partial charge on any atom is -0.378 e. The van der Waals surface area contributed by atoms with E-state index in [0.29, 0.717) is 5.69 Å². The molecule has 124 valence electrons. The smallest absolute Gasteiger partial charge is 0.292 e. The third-order valence-corrected chi connectivity index (χ3v) is 4.77. The molecule has 0 amide bonds. The van der Waals surface area contributed by atoms with Gasteiger partial charge in [-0.25, -0.2) is 13.1 Å². The van der Waals surface area contributed by atoms with Crippen LogP contribution < -0.4 is 10.0 Å². The maximum absolute atomic E-state index is 12.2. The number of hydrogen-bond donors (Lipinski definition) is 2. The molecule has 0 radical (unpaired) electrons. The zero-order chi connectivity index (χ0) is 17.0. The quantitative estimate of drug-likeness (QED) is 0.445. The van der Waals surface area contributed by atoms with Crippen LogP contribution in [-0.4, -0.2) is 31.6 Å². The van der Waals surface area contributed by atoms with Gasteiger partial charge in [0.1, 0.15) is 16.3 Å². The standard InChI is InChI=1S/C13H16N4O5S/c1-9-13(10(2)22-16-9)23(20,21)15-8-7-14-11-5-3-4-6-12(11)17(18)19/h3-6,14-15H,7-8H2,1-2H3. The average Bonchev–Trinajstić information content (AvgIpc) is 2.83. The molecule has 1 heterocycles. The highest BCUT2D eigenvalue weighted by Gasteiger charge is 2.23. The molecule has 0 atom stereocenters. The zero-order valence-electron chi connectivity index (χ0n) is 12.6. The van der Waals surface area contributed by atoms with Crippen LogP contribution in [-0.2, 0) is 10.0 Å². The maximum atomic E-state index is 12.2. The highest BCUT2D eigenvalue weighted by atomic mass is 32.2. The molecule has 0 aliphatic rings. The van der Waals surface area contributed by atoms with E-state index in [1.807, 2.05) is 0 Å². The summed E-state index contributed by atoms with van der Waals surface area (Å²) in [6, 6.07) is 6.14. The SMILES string of the molecule is Cc1noc(C)c1S(=O)(=O)NCCNc1ccccc1[N+](=O)[O-]. The fourth-order valence-electron chi connectivity index (χ4n) is 2.10. The van der Waals surface area contributed by atoms with E-state index in [4.69, 9.17) is 4.52 Å². The lowest BCUT2D eigenvalue weighted by Gasteiger charge is -2.08. The highest BCUT2D eigenvalue weighted by Crippen LogP contribution is 2.22. The molecule has 1 aromatic carbocycles. The number of rotatable bonds is 7. The van der Waals surface area contributed by atoms with Crippen LogP contribution in [0.2, 0.25) is 0 Å². The lowest BCUT2D eigenvalue weighted by atomic mass is 10.2. The number of benzene rings is 1. The fourth-order valence-corrected chi connectivity index (χ4v) is 3.45. The predicted octanol–water partition coefficient (Wildman–Crippen LogP) is 1.59. The number of sulfonamides is 1. The molecule has 0 aliphatic carbocycles. The minimum atomic E-state index is -3.74. The van der Waals surface area contributed by atoms with Gasteiger partial charge in [-0.3, -0.25) is 10.1 Å². The van der Waals surface area contributed by atoms with Gasteiger partial charge >= 0.3 is 0 Å². The van der Waals surface area contributed by atoms with Crippen LogP contribution >= 0.6 is 0 Å². The summed E-state index contributed by atoms with van der Waals surface area (Å²) in [5.41, 5.74) is 0.539. The molecule has 0 aliphatic heterocycles. The Morgan fingerprint density at radius 2 is 1.96 bits per heavy atom. The Labute approximate surface area is 132 Å². The molecule has 0 saturated heterocycles. The number of aromatic nitrogens is 1. The van der Waals surface area contributed by atoms with Crippen LogP contribution in [0.3, 0.4) is 0 Å². The minimum absolute atomic E-state index is 0.0168. The van der Waals surface area contributed by atoms with E-state index in [1.54, 1.807) is 18.2 Å². The summed E-state index contributed by atoms with van der Waals surface area (Å²) in [6.45, 7) is 3.29. The van der Waals surface area contributed by atoms with E-state index in [1.165, 1.54) is 19.9 Å². The molecule has 0 unspecified atom stereocenters. The summed E-state index contributed by atoms with van der Waals surface area (Å²) < 4.78 is 31.6. The van der Waals surface area contributed by atoms with Crippen molar-refractivity contribution in [2.45, 2.75) is 18.7 Å². The zero-order valence-corrected chi connectivity index (χ0v) is 13.4. The Hall–Kier alpha value is -2.46. The van der Waals surface area contributed by atoms with Crippen LogP contribution in [0.4, 0.5) is 11.4 Å². The molecule has 0 fully saturated rings. The van der Waals surface area contributed by atoms with Gasteiger partial charge in [-0.15, -0.1) is 0 Å². The summed E-state index contributed by atoms with van der Waals surface area (Å²) in [5, 5.41) is 17.3. The van der Waals surface area contributed by atoms with E-state index < -0.39 is 14.9 Å². The molecule has 10 heteroatoms. The Balaban J connectivity index is 1.97. The molecule has 2 aromatic rings. The number of aryl methyl sites for hydroxylation is 2. The lowest BCUT2D eigenvalue weighted by molar-refractivity contribution is -0.384. The predicted molar refractivity (Wildman–Crippen MR) is 82.8 cm³/mol. The van der Waals surface area contributed by atoms with Crippen LogP contribution in [0.5, 0.6) is 0 Å². The second kappa shape index (κ2) is 6.75. The van der Waals surface area contributed by atoms with E-state index in [0.717, 1.165) is 0 Å². The molecule has 0 bridgehead atoms. The molecule has 0 saturated carbocycles. The second-order valence-electron chi connectivity index (χ2n) is 4.75. The van der Waals surface area contributed by atoms with Gasteiger partial charge < -0.3 is 9.84 Å². The summed E-state index contributed by atoms with van der Waals surface area (Å²) in [4.78, 5) is 10.4. The van der Waals surface area contributed by atoms with Gasteiger partial charge in [-0.05, 0) is 19.9 Å². The van der Waals surface area contributed by atoms with Gasteiger partial charge in [0.05, 0.1) is 4.92 Å². The van der Waals surface area contributed by atoms with E-state index in [2.05, 4.69) is 15.2 Å². The van der Waals surface area contributed by atoms with Gasteiger partial charge in [0, 0.05) is 19.2 Å². The van der Waals surface area contributed by atoms with Crippen LogP contribution in [0.15, 0.2) is 33.7 Å². The molecule has 2 rings (SSSR count). The maximum Gasteiger partial charge on any atom is 0.292 e. The molecule has 2 N–H and O–H groups in total. The topological polar surface area (TPSA) is 127 Å². The number of nitrogens with zero attached hydrogens (tertiary/aromatic N) is 2. The third-order valence-electron chi connectivity index (χ3n) is 3.07. The number of nitro benzene ring substituents is 1. The summed E-state index contributed by atoms with van der Waals surface area (Å²) in [7, 11) is -3.74. The number of para-hydroxylation sites is 2. The summed E-state index contributed by atoms with van der Waals surface area (Å²) in [6.07, 6.45) is 0. The van der Waals surface area contributed by atoms with Crippen molar-refractivity contribution in [1.29, 1.82) is 0 Å². The van der Waals surface area contributed by atoms with Crippen LogP contribution in [0.1, 0.15) is 11.5 Å². The highest BCUT2D eigenvalue weighted by molar-refractivity contribution is 7.89. The van der Waals surface area contributed by atoms with Crippen LogP contribution in [0, 0.1) is 24.0 Å². The third kappa shape index (κ3) is 3.85. The Kier molecular flexibility index (Phi) is 4.96. The molecule has 0 spiro atoms. The molecular weight excluding hydrogens is 324 g/mol. The van der Waals surface area contributed by atoms with Gasteiger partial charge in [0.25, 0.3) is 5.69 Å². The van der Waals surface area contributed by atoms with Crippen molar-refractivity contribution in [2.24, 2.45) is 0 Å².